The van der Waals surface area contributed by atoms with E-state index in [4.69, 9.17) is 14.2 Å². The van der Waals surface area contributed by atoms with Gasteiger partial charge < -0.3 is 14.2 Å². The zero-order valence-electron chi connectivity index (χ0n) is 11.2. The summed E-state index contributed by atoms with van der Waals surface area (Å²) in [6.45, 7) is 2.45. The Morgan fingerprint density at radius 3 is 2.63 bits per heavy atom. The van der Waals surface area contributed by atoms with E-state index in [-0.39, 0.29) is 17.8 Å². The van der Waals surface area contributed by atoms with Gasteiger partial charge in [0, 0.05) is 16.5 Å². The van der Waals surface area contributed by atoms with E-state index in [1.807, 2.05) is 6.92 Å². The van der Waals surface area contributed by atoms with Gasteiger partial charge in [0.2, 0.25) is 0 Å². The van der Waals surface area contributed by atoms with Gasteiger partial charge in [-0.2, -0.15) is 0 Å². The number of hydrogen-bond donors (Lipinski definition) is 0. The molecule has 0 bridgehead atoms. The molecule has 0 radical (unpaired) electrons. The van der Waals surface area contributed by atoms with Crippen LogP contribution in [0.2, 0.25) is 0 Å². The summed E-state index contributed by atoms with van der Waals surface area (Å²) in [6, 6.07) is 3.49. The molecular formula is C14H17BrO4. The Kier molecular flexibility index (Phi) is 4.47. The molecular weight excluding hydrogens is 312 g/mol. The molecule has 0 spiro atoms. The molecule has 2 atom stereocenters. The second-order valence-electron chi connectivity index (χ2n) is 4.63. The van der Waals surface area contributed by atoms with Crippen LogP contribution in [0.1, 0.15) is 23.7 Å². The van der Waals surface area contributed by atoms with Crippen molar-refractivity contribution >= 4 is 21.7 Å². The molecule has 0 aromatic heterocycles. The maximum absolute atomic E-state index is 12.6. The van der Waals surface area contributed by atoms with Crippen LogP contribution in [-0.2, 0) is 4.74 Å². The van der Waals surface area contributed by atoms with Gasteiger partial charge in [0.25, 0.3) is 0 Å². The lowest BCUT2D eigenvalue weighted by Crippen LogP contribution is -2.16. The predicted octanol–water partition coefficient (Wildman–Crippen LogP) is 3.07. The molecule has 1 aromatic carbocycles. The Bertz CT molecular complexity index is 487. The molecule has 1 aliphatic heterocycles. The molecule has 1 aromatic rings. The summed E-state index contributed by atoms with van der Waals surface area (Å²) in [6.07, 6.45) is 0.887. The van der Waals surface area contributed by atoms with Gasteiger partial charge in [-0.1, -0.05) is 0 Å². The first-order valence-corrected chi connectivity index (χ1v) is 6.93. The average molecular weight is 329 g/mol. The Balaban J connectivity index is 2.35. The van der Waals surface area contributed by atoms with E-state index in [1.54, 1.807) is 26.4 Å². The average Bonchev–Trinajstić information content (AvgIpc) is 2.83. The van der Waals surface area contributed by atoms with E-state index < -0.39 is 0 Å². The molecule has 5 heteroatoms. The van der Waals surface area contributed by atoms with Crippen molar-refractivity contribution in [2.24, 2.45) is 5.92 Å². The standard InChI is InChI=1S/C14H17BrO4/c1-8-4-9(7-19-8)14(16)13-11(15)5-10(17-2)6-12(13)18-3/h5-6,8-9H,4,7H2,1-3H3. The van der Waals surface area contributed by atoms with Crippen molar-refractivity contribution in [3.8, 4) is 11.5 Å². The highest BCUT2D eigenvalue weighted by Gasteiger charge is 2.32. The Morgan fingerprint density at radius 1 is 1.37 bits per heavy atom. The number of rotatable bonds is 4. The number of carbonyl (C=O) groups excluding carboxylic acids is 1. The molecule has 0 amide bonds. The smallest absolute Gasteiger partial charge is 0.173 e. The summed E-state index contributed by atoms with van der Waals surface area (Å²) in [5.41, 5.74) is 0.561. The Labute approximate surface area is 121 Å². The highest BCUT2D eigenvalue weighted by Crippen LogP contribution is 2.36. The van der Waals surface area contributed by atoms with E-state index in [0.717, 1.165) is 6.42 Å². The highest BCUT2D eigenvalue weighted by molar-refractivity contribution is 9.10. The topological polar surface area (TPSA) is 44.8 Å². The van der Waals surface area contributed by atoms with Gasteiger partial charge in [-0.25, -0.2) is 0 Å². The molecule has 19 heavy (non-hydrogen) atoms. The fourth-order valence-electron chi connectivity index (χ4n) is 2.28. The first-order valence-electron chi connectivity index (χ1n) is 6.14. The van der Waals surface area contributed by atoms with Gasteiger partial charge in [0.1, 0.15) is 11.5 Å². The minimum absolute atomic E-state index is 0.0516. The molecule has 0 N–H and O–H groups in total. The third-order valence-corrected chi connectivity index (χ3v) is 3.92. The van der Waals surface area contributed by atoms with Crippen molar-refractivity contribution < 1.29 is 19.0 Å². The van der Waals surface area contributed by atoms with Gasteiger partial charge in [0.15, 0.2) is 5.78 Å². The summed E-state index contributed by atoms with van der Waals surface area (Å²) in [4.78, 5) is 12.6. The minimum atomic E-state index is -0.103. The monoisotopic (exact) mass is 328 g/mol. The highest BCUT2D eigenvalue weighted by atomic mass is 79.9. The van der Waals surface area contributed by atoms with E-state index in [9.17, 15) is 4.79 Å². The van der Waals surface area contributed by atoms with Gasteiger partial charge in [0.05, 0.1) is 32.5 Å². The van der Waals surface area contributed by atoms with E-state index in [1.165, 1.54) is 0 Å². The van der Waals surface area contributed by atoms with Crippen LogP contribution in [-0.4, -0.2) is 32.7 Å². The lowest BCUT2D eigenvalue weighted by Gasteiger charge is -2.14. The molecule has 4 nitrogen and oxygen atoms in total. The van der Waals surface area contributed by atoms with Crippen LogP contribution in [0.3, 0.4) is 0 Å². The summed E-state index contributed by atoms with van der Waals surface area (Å²) in [5, 5.41) is 0. The number of ketones is 1. The maximum Gasteiger partial charge on any atom is 0.173 e. The molecule has 0 saturated carbocycles. The minimum Gasteiger partial charge on any atom is -0.497 e. The summed E-state index contributed by atoms with van der Waals surface area (Å²) in [5.74, 6) is 1.12. The lowest BCUT2D eigenvalue weighted by atomic mass is 9.94. The molecule has 2 unspecified atom stereocenters. The lowest BCUT2D eigenvalue weighted by molar-refractivity contribution is 0.0874. The summed E-state index contributed by atoms with van der Waals surface area (Å²) in [7, 11) is 3.13. The second kappa shape index (κ2) is 5.92. The van der Waals surface area contributed by atoms with Crippen LogP contribution >= 0.6 is 15.9 Å². The van der Waals surface area contributed by atoms with E-state index in [0.29, 0.717) is 28.1 Å². The molecule has 0 aliphatic carbocycles. The van der Waals surface area contributed by atoms with Crippen LogP contribution in [0.5, 0.6) is 11.5 Å². The SMILES string of the molecule is COc1cc(Br)c(C(=O)C2COC(C)C2)c(OC)c1. The number of Topliss-reactive ketones (excluding diaryl/α,β-unsaturated/α-hetero) is 1. The third kappa shape index (κ3) is 2.92. The normalized spacial score (nSPS) is 22.3. The third-order valence-electron chi connectivity index (χ3n) is 3.30. The molecule has 1 aliphatic rings. The van der Waals surface area contributed by atoms with Crippen LogP contribution in [0.15, 0.2) is 16.6 Å². The van der Waals surface area contributed by atoms with Crippen molar-refractivity contribution in [3.63, 3.8) is 0 Å². The molecule has 104 valence electrons. The fourth-order valence-corrected chi connectivity index (χ4v) is 2.90. The maximum atomic E-state index is 12.6. The zero-order chi connectivity index (χ0) is 14.0. The molecule has 2 rings (SSSR count). The zero-order valence-corrected chi connectivity index (χ0v) is 12.8. The largest absolute Gasteiger partial charge is 0.497 e. The number of benzene rings is 1. The van der Waals surface area contributed by atoms with Gasteiger partial charge in [-0.15, -0.1) is 0 Å². The molecule has 1 heterocycles. The van der Waals surface area contributed by atoms with Crippen LogP contribution in [0, 0.1) is 5.92 Å². The van der Waals surface area contributed by atoms with Gasteiger partial charge in [-0.05, 0) is 35.3 Å². The Hall–Kier alpha value is -1.07. The van der Waals surface area contributed by atoms with Crippen LogP contribution in [0.4, 0.5) is 0 Å². The summed E-state index contributed by atoms with van der Waals surface area (Å²) < 4.78 is 16.6. The van der Waals surface area contributed by atoms with Crippen molar-refractivity contribution in [2.45, 2.75) is 19.4 Å². The quantitative estimate of drug-likeness (QED) is 0.797. The number of methoxy groups -OCH3 is 2. The van der Waals surface area contributed by atoms with E-state index >= 15 is 0 Å². The van der Waals surface area contributed by atoms with Crippen LogP contribution in [0.25, 0.3) is 0 Å². The number of halogens is 1. The molecule has 1 fully saturated rings. The van der Waals surface area contributed by atoms with Crippen molar-refractivity contribution in [2.75, 3.05) is 20.8 Å². The predicted molar refractivity (Wildman–Crippen MR) is 75.1 cm³/mol. The number of ether oxygens (including phenoxy) is 3. The first-order chi connectivity index (χ1) is 9.06. The first kappa shape index (κ1) is 14.3. The van der Waals surface area contributed by atoms with E-state index in [2.05, 4.69) is 15.9 Å². The fraction of sp³-hybridized carbons (Fsp3) is 0.500. The second-order valence-corrected chi connectivity index (χ2v) is 5.48. The summed E-state index contributed by atoms with van der Waals surface area (Å²) >= 11 is 3.42. The van der Waals surface area contributed by atoms with Crippen molar-refractivity contribution in [1.82, 2.24) is 0 Å². The number of hydrogen-bond acceptors (Lipinski definition) is 4. The van der Waals surface area contributed by atoms with Crippen molar-refractivity contribution in [3.05, 3.63) is 22.2 Å². The Morgan fingerprint density at radius 2 is 2.11 bits per heavy atom. The van der Waals surface area contributed by atoms with Gasteiger partial charge in [-0.3, -0.25) is 4.79 Å². The van der Waals surface area contributed by atoms with Crippen LogP contribution < -0.4 is 9.47 Å². The van der Waals surface area contributed by atoms with Crippen molar-refractivity contribution in [1.29, 1.82) is 0 Å². The number of carbonyl (C=O) groups is 1. The molecule has 1 saturated heterocycles. The van der Waals surface area contributed by atoms with Gasteiger partial charge >= 0.3 is 0 Å².